The minimum absolute atomic E-state index is 0.155. The number of carbonyl (C=O) groups is 3. The molecule has 2 aliphatic rings. The minimum Gasteiger partial charge on any atom is -0.350 e. The molecule has 2 fully saturated rings. The molecule has 3 amide bonds. The van der Waals surface area contributed by atoms with E-state index in [9.17, 15) is 14.4 Å². The predicted molar refractivity (Wildman–Crippen MR) is 80.5 cm³/mol. The second kappa shape index (κ2) is 6.30. The largest absolute Gasteiger partial charge is 0.350 e. The van der Waals surface area contributed by atoms with Crippen LogP contribution in [0.15, 0.2) is 30.3 Å². The molecule has 1 saturated carbocycles. The SMILES string of the molecule is O=C(CN1C(=O)C2CCCCC2C1=O)NCc1ccccc1. The summed E-state index contributed by atoms with van der Waals surface area (Å²) in [5.74, 6) is -0.996. The van der Waals surface area contributed by atoms with Gasteiger partial charge in [-0.2, -0.15) is 0 Å². The van der Waals surface area contributed by atoms with E-state index in [1.807, 2.05) is 30.3 Å². The van der Waals surface area contributed by atoms with E-state index >= 15 is 0 Å². The second-order valence-electron chi connectivity index (χ2n) is 6.02. The number of amides is 3. The molecule has 5 nitrogen and oxygen atoms in total. The summed E-state index contributed by atoms with van der Waals surface area (Å²) in [6.45, 7) is 0.250. The number of benzene rings is 1. The van der Waals surface area contributed by atoms with Crippen LogP contribution in [0, 0.1) is 11.8 Å². The van der Waals surface area contributed by atoms with Gasteiger partial charge in [-0.05, 0) is 18.4 Å². The van der Waals surface area contributed by atoms with Gasteiger partial charge in [-0.1, -0.05) is 43.2 Å². The lowest BCUT2D eigenvalue weighted by molar-refractivity contribution is -0.143. The van der Waals surface area contributed by atoms with Gasteiger partial charge < -0.3 is 5.32 Å². The Labute approximate surface area is 129 Å². The maximum atomic E-state index is 12.3. The smallest absolute Gasteiger partial charge is 0.240 e. The highest BCUT2D eigenvalue weighted by atomic mass is 16.2. The third-order valence-electron chi connectivity index (χ3n) is 4.57. The van der Waals surface area contributed by atoms with Gasteiger partial charge in [0.2, 0.25) is 17.7 Å². The maximum Gasteiger partial charge on any atom is 0.240 e. The number of carbonyl (C=O) groups excluding carboxylic acids is 3. The van der Waals surface area contributed by atoms with Crippen molar-refractivity contribution in [3.05, 3.63) is 35.9 Å². The van der Waals surface area contributed by atoms with Crippen molar-refractivity contribution in [3.63, 3.8) is 0 Å². The first-order valence-corrected chi connectivity index (χ1v) is 7.82. The Morgan fingerprint density at radius 1 is 1.05 bits per heavy atom. The van der Waals surface area contributed by atoms with Gasteiger partial charge in [0.05, 0.1) is 11.8 Å². The van der Waals surface area contributed by atoms with Gasteiger partial charge >= 0.3 is 0 Å². The molecule has 116 valence electrons. The molecular formula is C17H20N2O3. The summed E-state index contributed by atoms with van der Waals surface area (Å²) in [5.41, 5.74) is 0.989. The number of rotatable bonds is 4. The van der Waals surface area contributed by atoms with Crippen LogP contribution in [0.2, 0.25) is 0 Å². The van der Waals surface area contributed by atoms with Gasteiger partial charge in [-0.15, -0.1) is 0 Å². The Balaban J connectivity index is 1.57. The first-order chi connectivity index (χ1) is 10.7. The summed E-state index contributed by atoms with van der Waals surface area (Å²) in [6, 6.07) is 9.55. The molecule has 3 rings (SSSR count). The molecule has 1 aliphatic heterocycles. The summed E-state index contributed by atoms with van der Waals surface area (Å²) < 4.78 is 0. The first-order valence-electron chi connectivity index (χ1n) is 7.82. The van der Waals surface area contributed by atoms with E-state index in [4.69, 9.17) is 0 Å². The first kappa shape index (κ1) is 14.8. The lowest BCUT2D eigenvalue weighted by Gasteiger charge is -2.19. The fraction of sp³-hybridized carbons (Fsp3) is 0.471. The molecule has 2 unspecified atom stereocenters. The van der Waals surface area contributed by atoms with Gasteiger partial charge in [0, 0.05) is 6.54 Å². The number of fused-ring (bicyclic) bond motifs is 1. The van der Waals surface area contributed by atoms with E-state index in [-0.39, 0.29) is 36.1 Å². The quantitative estimate of drug-likeness (QED) is 0.857. The van der Waals surface area contributed by atoms with Crippen molar-refractivity contribution < 1.29 is 14.4 Å². The summed E-state index contributed by atoms with van der Waals surface area (Å²) >= 11 is 0. The summed E-state index contributed by atoms with van der Waals surface area (Å²) in [4.78, 5) is 37.7. The average Bonchev–Trinajstić information content (AvgIpc) is 2.79. The highest BCUT2D eigenvalue weighted by Crippen LogP contribution is 2.37. The van der Waals surface area contributed by atoms with Crippen molar-refractivity contribution in [2.75, 3.05) is 6.54 Å². The molecule has 0 radical (unpaired) electrons. The van der Waals surface area contributed by atoms with E-state index in [0.717, 1.165) is 36.1 Å². The predicted octanol–water partition coefficient (Wildman–Crippen LogP) is 1.48. The topological polar surface area (TPSA) is 66.5 Å². The third kappa shape index (κ3) is 2.89. The molecule has 22 heavy (non-hydrogen) atoms. The van der Waals surface area contributed by atoms with Crippen LogP contribution >= 0.6 is 0 Å². The monoisotopic (exact) mass is 300 g/mol. The van der Waals surface area contributed by atoms with E-state index in [2.05, 4.69) is 5.32 Å². The zero-order chi connectivity index (χ0) is 15.5. The van der Waals surface area contributed by atoms with Crippen LogP contribution in [0.1, 0.15) is 31.2 Å². The number of nitrogens with zero attached hydrogens (tertiary/aromatic N) is 1. The fourth-order valence-electron chi connectivity index (χ4n) is 3.38. The molecule has 1 saturated heterocycles. The molecule has 1 N–H and O–H groups in total. The van der Waals surface area contributed by atoms with E-state index in [1.165, 1.54) is 0 Å². The van der Waals surface area contributed by atoms with E-state index in [0.29, 0.717) is 6.54 Å². The van der Waals surface area contributed by atoms with Gasteiger partial charge in [0.1, 0.15) is 6.54 Å². The van der Waals surface area contributed by atoms with Crippen LogP contribution in [-0.4, -0.2) is 29.2 Å². The summed E-state index contributed by atoms with van der Waals surface area (Å²) in [6.07, 6.45) is 3.54. The van der Waals surface area contributed by atoms with Crippen LogP contribution < -0.4 is 5.32 Å². The van der Waals surface area contributed by atoms with Gasteiger partial charge in [-0.25, -0.2) is 0 Å². The molecule has 1 aliphatic carbocycles. The lowest BCUT2D eigenvalue weighted by atomic mass is 9.81. The normalized spacial score (nSPS) is 24.3. The Hall–Kier alpha value is -2.17. The van der Waals surface area contributed by atoms with Crippen molar-refractivity contribution in [2.45, 2.75) is 32.2 Å². The Bertz CT molecular complexity index is 561. The zero-order valence-corrected chi connectivity index (χ0v) is 12.5. The standard InChI is InChI=1S/C17H20N2O3/c20-15(18-10-12-6-2-1-3-7-12)11-19-16(21)13-8-4-5-9-14(13)17(19)22/h1-3,6-7,13-14H,4-5,8-11H2,(H,18,20). The van der Waals surface area contributed by atoms with Crippen LogP contribution in [0.5, 0.6) is 0 Å². The van der Waals surface area contributed by atoms with Gasteiger partial charge in [0.25, 0.3) is 0 Å². The fourth-order valence-corrected chi connectivity index (χ4v) is 3.38. The van der Waals surface area contributed by atoms with Crippen LogP contribution in [0.25, 0.3) is 0 Å². The number of hydrogen-bond acceptors (Lipinski definition) is 3. The average molecular weight is 300 g/mol. The third-order valence-corrected chi connectivity index (χ3v) is 4.57. The molecule has 1 aromatic rings. The Kier molecular flexibility index (Phi) is 4.22. The number of hydrogen-bond donors (Lipinski definition) is 1. The molecule has 0 spiro atoms. The maximum absolute atomic E-state index is 12.3. The van der Waals surface area contributed by atoms with Crippen molar-refractivity contribution in [1.82, 2.24) is 10.2 Å². The Morgan fingerprint density at radius 3 is 2.23 bits per heavy atom. The highest BCUT2D eigenvalue weighted by Gasteiger charge is 2.48. The molecule has 0 bridgehead atoms. The molecule has 5 heteroatoms. The Morgan fingerprint density at radius 2 is 1.64 bits per heavy atom. The van der Waals surface area contributed by atoms with Crippen LogP contribution in [-0.2, 0) is 20.9 Å². The zero-order valence-electron chi connectivity index (χ0n) is 12.5. The van der Waals surface area contributed by atoms with Crippen molar-refractivity contribution in [1.29, 1.82) is 0 Å². The number of imide groups is 1. The van der Waals surface area contributed by atoms with Gasteiger partial charge in [0.15, 0.2) is 0 Å². The van der Waals surface area contributed by atoms with E-state index < -0.39 is 0 Å². The second-order valence-corrected chi connectivity index (χ2v) is 6.02. The van der Waals surface area contributed by atoms with Crippen LogP contribution in [0.3, 0.4) is 0 Å². The van der Waals surface area contributed by atoms with Gasteiger partial charge in [-0.3, -0.25) is 19.3 Å². The van der Waals surface area contributed by atoms with Crippen molar-refractivity contribution in [3.8, 4) is 0 Å². The molecule has 1 aromatic carbocycles. The lowest BCUT2D eigenvalue weighted by Crippen LogP contribution is -2.40. The van der Waals surface area contributed by atoms with E-state index in [1.54, 1.807) is 0 Å². The van der Waals surface area contributed by atoms with Crippen molar-refractivity contribution >= 4 is 17.7 Å². The summed E-state index contributed by atoms with van der Waals surface area (Å²) in [5, 5.41) is 2.76. The molecular weight excluding hydrogens is 280 g/mol. The van der Waals surface area contributed by atoms with Crippen molar-refractivity contribution in [2.24, 2.45) is 11.8 Å². The number of nitrogens with one attached hydrogen (secondary N) is 1. The molecule has 2 atom stereocenters. The molecule has 0 aromatic heterocycles. The highest BCUT2D eigenvalue weighted by molar-refractivity contribution is 6.07. The van der Waals surface area contributed by atoms with Crippen LogP contribution in [0.4, 0.5) is 0 Å². The minimum atomic E-state index is -0.288. The molecule has 1 heterocycles. The number of likely N-dealkylation sites (tertiary alicyclic amines) is 1. The summed E-state index contributed by atoms with van der Waals surface area (Å²) in [7, 11) is 0.